The molecule has 0 saturated heterocycles. The Bertz CT molecular complexity index is 1060. The van der Waals surface area contributed by atoms with Gasteiger partial charge in [-0.1, -0.05) is 25.1 Å². The second-order valence-corrected chi connectivity index (χ2v) is 9.14. The number of nitrogens with zero attached hydrogens (tertiary/aromatic N) is 1. The van der Waals surface area contributed by atoms with E-state index in [1.807, 2.05) is 26.0 Å². The van der Waals surface area contributed by atoms with Gasteiger partial charge in [0, 0.05) is 5.69 Å². The van der Waals surface area contributed by atoms with Crippen molar-refractivity contribution in [1.29, 1.82) is 0 Å². The Labute approximate surface area is 178 Å². The third-order valence-electron chi connectivity index (χ3n) is 4.85. The predicted octanol–water partition coefficient (Wildman–Crippen LogP) is 3.58. The van der Waals surface area contributed by atoms with Gasteiger partial charge in [0.2, 0.25) is 15.9 Å². The Hall–Kier alpha value is -2.87. The van der Waals surface area contributed by atoms with Crippen molar-refractivity contribution < 1.29 is 22.7 Å². The molecule has 7 nitrogen and oxygen atoms in total. The maximum Gasteiger partial charge on any atom is 0.337 e. The normalized spacial score (nSPS) is 12.2. The van der Waals surface area contributed by atoms with Gasteiger partial charge in [-0.3, -0.25) is 9.10 Å². The molecule has 1 amide bonds. The van der Waals surface area contributed by atoms with E-state index < -0.39 is 27.9 Å². The van der Waals surface area contributed by atoms with Gasteiger partial charge in [-0.2, -0.15) is 0 Å². The van der Waals surface area contributed by atoms with E-state index in [1.165, 1.54) is 17.5 Å². The molecule has 0 aliphatic rings. The van der Waals surface area contributed by atoms with Gasteiger partial charge in [-0.15, -0.1) is 0 Å². The monoisotopic (exact) mass is 432 g/mol. The molecule has 30 heavy (non-hydrogen) atoms. The summed E-state index contributed by atoms with van der Waals surface area (Å²) in [5, 5.41) is 2.78. The van der Waals surface area contributed by atoms with Gasteiger partial charge in [-0.05, 0) is 62.1 Å². The third kappa shape index (κ3) is 5.18. The number of amides is 1. The minimum atomic E-state index is -3.74. The number of nitrogens with one attached hydrogen (secondary N) is 1. The number of methoxy groups -OCH3 is 1. The first-order chi connectivity index (χ1) is 14.0. The second kappa shape index (κ2) is 9.30. The summed E-state index contributed by atoms with van der Waals surface area (Å²) < 4.78 is 31.3. The number of hydrogen-bond donors (Lipinski definition) is 1. The maximum atomic E-state index is 13.2. The fourth-order valence-electron chi connectivity index (χ4n) is 3.21. The number of ether oxygens (including phenoxy) is 1. The summed E-state index contributed by atoms with van der Waals surface area (Å²) in [4.78, 5) is 25.0. The summed E-state index contributed by atoms with van der Waals surface area (Å²) in [6, 6.07) is 9.35. The summed E-state index contributed by atoms with van der Waals surface area (Å²) in [6.45, 7) is 7.22. The molecule has 8 heteroatoms. The molecule has 0 spiro atoms. The fourth-order valence-corrected chi connectivity index (χ4v) is 4.47. The SMILES string of the molecule is CC[C@H](C(=O)Nc1cc(C(=O)OC)ccc1C)N(c1cc(C)ccc1C)S(C)(=O)=O. The number of aryl methyl sites for hydroxylation is 3. The molecule has 0 aliphatic carbocycles. The molecule has 0 fully saturated rings. The van der Waals surface area contributed by atoms with Gasteiger partial charge in [0.05, 0.1) is 24.6 Å². The van der Waals surface area contributed by atoms with Gasteiger partial charge in [-0.25, -0.2) is 13.2 Å². The average Bonchev–Trinajstić information content (AvgIpc) is 2.68. The van der Waals surface area contributed by atoms with Gasteiger partial charge in [0.1, 0.15) is 6.04 Å². The lowest BCUT2D eigenvalue weighted by atomic mass is 10.1. The second-order valence-electron chi connectivity index (χ2n) is 7.28. The molecule has 0 heterocycles. The van der Waals surface area contributed by atoms with E-state index in [2.05, 4.69) is 5.32 Å². The molecule has 2 aromatic rings. The highest BCUT2D eigenvalue weighted by Gasteiger charge is 2.32. The van der Waals surface area contributed by atoms with Gasteiger partial charge >= 0.3 is 5.97 Å². The van der Waals surface area contributed by atoms with Crippen molar-refractivity contribution in [2.45, 2.75) is 40.2 Å². The number of esters is 1. The molecule has 1 N–H and O–H groups in total. The lowest BCUT2D eigenvalue weighted by Crippen LogP contribution is -2.47. The summed E-state index contributed by atoms with van der Waals surface area (Å²) in [5.41, 5.74) is 3.57. The number of sulfonamides is 1. The minimum Gasteiger partial charge on any atom is -0.465 e. The van der Waals surface area contributed by atoms with E-state index in [0.717, 1.165) is 22.9 Å². The van der Waals surface area contributed by atoms with E-state index in [0.29, 0.717) is 16.9 Å². The standard InChI is InChI=1S/C22H28N2O5S/c1-7-19(24(30(6,27)28)20-12-14(2)8-9-16(20)4)21(25)23-18-13-17(22(26)29-5)11-10-15(18)3/h8-13,19H,7H2,1-6H3,(H,23,25)/t19-/m1/s1. The highest BCUT2D eigenvalue weighted by atomic mass is 32.2. The van der Waals surface area contributed by atoms with E-state index in [1.54, 1.807) is 32.0 Å². The highest BCUT2D eigenvalue weighted by molar-refractivity contribution is 7.92. The smallest absolute Gasteiger partial charge is 0.337 e. The first kappa shape index (κ1) is 23.4. The van der Waals surface area contributed by atoms with Crippen LogP contribution in [0.2, 0.25) is 0 Å². The summed E-state index contributed by atoms with van der Waals surface area (Å²) >= 11 is 0. The van der Waals surface area contributed by atoms with Crippen molar-refractivity contribution in [2.75, 3.05) is 23.0 Å². The van der Waals surface area contributed by atoms with Crippen LogP contribution in [0.3, 0.4) is 0 Å². The molecule has 1 atom stereocenters. The minimum absolute atomic E-state index is 0.266. The Balaban J connectivity index is 2.47. The fraction of sp³-hybridized carbons (Fsp3) is 0.364. The molecule has 0 unspecified atom stereocenters. The predicted molar refractivity (Wildman–Crippen MR) is 118 cm³/mol. The molecule has 162 valence electrons. The van der Waals surface area contributed by atoms with Crippen LogP contribution < -0.4 is 9.62 Å². The van der Waals surface area contributed by atoms with E-state index in [4.69, 9.17) is 4.74 Å². The largest absolute Gasteiger partial charge is 0.465 e. The topological polar surface area (TPSA) is 92.8 Å². The zero-order valence-corrected chi connectivity index (χ0v) is 19.0. The van der Waals surface area contributed by atoms with Gasteiger partial charge in [0.15, 0.2) is 0 Å². The van der Waals surface area contributed by atoms with Gasteiger partial charge in [0.25, 0.3) is 0 Å². The molecule has 0 radical (unpaired) electrons. The lowest BCUT2D eigenvalue weighted by molar-refractivity contribution is -0.117. The van der Waals surface area contributed by atoms with Gasteiger partial charge < -0.3 is 10.1 Å². The number of benzene rings is 2. The van der Waals surface area contributed by atoms with Crippen molar-refractivity contribution in [1.82, 2.24) is 0 Å². The van der Waals surface area contributed by atoms with Crippen molar-refractivity contribution in [3.8, 4) is 0 Å². The van der Waals surface area contributed by atoms with Crippen molar-refractivity contribution in [2.24, 2.45) is 0 Å². The maximum absolute atomic E-state index is 13.2. The van der Waals surface area contributed by atoms with Crippen LogP contribution in [0, 0.1) is 20.8 Å². The number of anilines is 2. The van der Waals surface area contributed by atoms with Crippen LogP contribution in [-0.4, -0.2) is 39.7 Å². The lowest BCUT2D eigenvalue weighted by Gasteiger charge is -2.31. The summed E-state index contributed by atoms with van der Waals surface area (Å²) in [6.07, 6.45) is 1.36. The first-order valence-electron chi connectivity index (χ1n) is 9.56. The number of rotatable bonds is 7. The number of carbonyl (C=O) groups is 2. The van der Waals surface area contributed by atoms with Crippen molar-refractivity contribution >= 4 is 33.3 Å². The van der Waals surface area contributed by atoms with E-state index >= 15 is 0 Å². The Kier molecular flexibility index (Phi) is 7.25. The van der Waals surface area contributed by atoms with Crippen molar-refractivity contribution in [3.63, 3.8) is 0 Å². The molecule has 0 aliphatic heterocycles. The Morgan fingerprint density at radius 2 is 1.70 bits per heavy atom. The number of carbonyl (C=O) groups excluding carboxylic acids is 2. The molecule has 2 rings (SSSR count). The zero-order valence-electron chi connectivity index (χ0n) is 18.1. The summed E-state index contributed by atoms with van der Waals surface area (Å²) in [7, 11) is -2.46. The van der Waals surface area contributed by atoms with Crippen LogP contribution in [0.4, 0.5) is 11.4 Å². The first-order valence-corrected chi connectivity index (χ1v) is 11.4. The molecular weight excluding hydrogens is 404 g/mol. The van der Waals surface area contributed by atoms with Crippen LogP contribution in [-0.2, 0) is 19.6 Å². The van der Waals surface area contributed by atoms with Crippen LogP contribution in [0.15, 0.2) is 36.4 Å². The van der Waals surface area contributed by atoms with E-state index in [-0.39, 0.29) is 6.42 Å². The molecule has 0 bridgehead atoms. The van der Waals surface area contributed by atoms with Crippen LogP contribution >= 0.6 is 0 Å². The molecular formula is C22H28N2O5S. The third-order valence-corrected chi connectivity index (χ3v) is 6.01. The summed E-state index contributed by atoms with van der Waals surface area (Å²) in [5.74, 6) is -1.00. The highest BCUT2D eigenvalue weighted by Crippen LogP contribution is 2.28. The Morgan fingerprint density at radius 1 is 1.07 bits per heavy atom. The van der Waals surface area contributed by atoms with Crippen LogP contribution in [0.25, 0.3) is 0 Å². The number of hydrogen-bond acceptors (Lipinski definition) is 5. The molecule has 0 saturated carbocycles. The Morgan fingerprint density at radius 3 is 2.27 bits per heavy atom. The average molecular weight is 433 g/mol. The molecule has 0 aromatic heterocycles. The van der Waals surface area contributed by atoms with E-state index in [9.17, 15) is 18.0 Å². The van der Waals surface area contributed by atoms with Crippen molar-refractivity contribution in [3.05, 3.63) is 58.7 Å². The molecule has 2 aromatic carbocycles. The quantitative estimate of drug-likeness (QED) is 0.675. The van der Waals surface area contributed by atoms with Crippen LogP contribution in [0.1, 0.15) is 40.4 Å². The zero-order chi connectivity index (χ0) is 22.6. The van der Waals surface area contributed by atoms with Crippen LogP contribution in [0.5, 0.6) is 0 Å².